The van der Waals surface area contributed by atoms with Gasteiger partial charge in [-0.1, -0.05) is 12.8 Å². The topological polar surface area (TPSA) is 24.9 Å². The Morgan fingerprint density at radius 3 is 2.94 bits per heavy atom. The van der Waals surface area contributed by atoms with Crippen molar-refractivity contribution in [3.05, 3.63) is 23.5 Å². The van der Waals surface area contributed by atoms with Crippen molar-refractivity contribution in [1.29, 1.82) is 0 Å². The summed E-state index contributed by atoms with van der Waals surface area (Å²) in [6, 6.07) is 2.31. The number of hydrogen-bond acceptors (Lipinski definition) is 2. The number of aromatic nitrogens is 1. The first-order chi connectivity index (χ1) is 7.92. The number of nitrogens with zero attached hydrogens (tertiary/aromatic N) is 1. The summed E-state index contributed by atoms with van der Waals surface area (Å²) in [4.78, 5) is 4.54. The standard InChI is InChI=1S/C14H20N2/c1-2-5-11(4-1)9-15-13-8-12-6-3-7-14(12)16-10-13/h8,10-11,15H,1-7,9H2. The highest BCUT2D eigenvalue weighted by Gasteiger charge is 2.15. The van der Waals surface area contributed by atoms with Gasteiger partial charge in [0.05, 0.1) is 11.9 Å². The van der Waals surface area contributed by atoms with Crippen LogP contribution in [0.2, 0.25) is 0 Å². The Hall–Kier alpha value is -1.05. The number of aryl methyl sites for hydroxylation is 2. The van der Waals surface area contributed by atoms with Gasteiger partial charge in [0.2, 0.25) is 0 Å². The van der Waals surface area contributed by atoms with Gasteiger partial charge in [-0.15, -0.1) is 0 Å². The predicted octanol–water partition coefficient (Wildman–Crippen LogP) is 3.17. The van der Waals surface area contributed by atoms with E-state index in [2.05, 4.69) is 16.4 Å². The Morgan fingerprint density at radius 1 is 1.19 bits per heavy atom. The van der Waals surface area contributed by atoms with E-state index < -0.39 is 0 Å². The smallest absolute Gasteiger partial charge is 0.0529 e. The molecule has 0 unspecified atom stereocenters. The lowest BCUT2D eigenvalue weighted by Crippen LogP contribution is -2.11. The van der Waals surface area contributed by atoms with Gasteiger partial charge in [0, 0.05) is 12.2 Å². The van der Waals surface area contributed by atoms with Crippen molar-refractivity contribution >= 4 is 5.69 Å². The Bertz CT molecular complexity index is 367. The second kappa shape index (κ2) is 4.44. The number of nitrogens with one attached hydrogen (secondary N) is 1. The Kier molecular flexibility index (Phi) is 2.81. The first kappa shape index (κ1) is 10.1. The average Bonchev–Trinajstić information content (AvgIpc) is 2.97. The fourth-order valence-electron chi connectivity index (χ4n) is 3.00. The molecule has 0 bridgehead atoms. The predicted molar refractivity (Wildman–Crippen MR) is 66.7 cm³/mol. The molecular formula is C14H20N2. The summed E-state index contributed by atoms with van der Waals surface area (Å²) >= 11 is 0. The summed E-state index contributed by atoms with van der Waals surface area (Å²) < 4.78 is 0. The van der Waals surface area contributed by atoms with Gasteiger partial charge >= 0.3 is 0 Å². The largest absolute Gasteiger partial charge is 0.384 e. The lowest BCUT2D eigenvalue weighted by Gasteiger charge is -2.12. The summed E-state index contributed by atoms with van der Waals surface area (Å²) in [6.45, 7) is 1.14. The normalized spacial score (nSPS) is 20.0. The molecule has 1 aromatic rings. The maximum absolute atomic E-state index is 4.54. The molecule has 2 aliphatic carbocycles. The highest BCUT2D eigenvalue weighted by molar-refractivity contribution is 5.46. The molecule has 2 aliphatic rings. The third-order valence-electron chi connectivity index (χ3n) is 3.99. The molecule has 0 aliphatic heterocycles. The van der Waals surface area contributed by atoms with E-state index in [4.69, 9.17) is 0 Å². The Balaban J connectivity index is 1.61. The van der Waals surface area contributed by atoms with Crippen molar-refractivity contribution in [3.8, 4) is 0 Å². The summed E-state index contributed by atoms with van der Waals surface area (Å²) in [5.74, 6) is 0.897. The van der Waals surface area contributed by atoms with E-state index in [0.29, 0.717) is 0 Å². The highest BCUT2D eigenvalue weighted by atomic mass is 14.9. The van der Waals surface area contributed by atoms with Crippen LogP contribution in [0.1, 0.15) is 43.4 Å². The van der Waals surface area contributed by atoms with Crippen molar-refractivity contribution in [3.63, 3.8) is 0 Å². The monoisotopic (exact) mass is 216 g/mol. The van der Waals surface area contributed by atoms with Crippen molar-refractivity contribution in [2.75, 3.05) is 11.9 Å². The molecule has 2 nitrogen and oxygen atoms in total. The van der Waals surface area contributed by atoms with Gasteiger partial charge in [-0.25, -0.2) is 0 Å². The second-order valence-corrected chi connectivity index (χ2v) is 5.21. The second-order valence-electron chi connectivity index (χ2n) is 5.21. The third kappa shape index (κ3) is 2.06. The zero-order chi connectivity index (χ0) is 10.8. The number of rotatable bonds is 3. The molecule has 0 radical (unpaired) electrons. The van der Waals surface area contributed by atoms with Crippen LogP contribution in [0, 0.1) is 5.92 Å². The molecule has 0 saturated heterocycles. The maximum atomic E-state index is 4.54. The van der Waals surface area contributed by atoms with Crippen molar-refractivity contribution in [2.24, 2.45) is 5.92 Å². The van der Waals surface area contributed by atoms with Crippen LogP contribution in [0.4, 0.5) is 5.69 Å². The summed E-state index contributed by atoms with van der Waals surface area (Å²) in [5, 5.41) is 3.55. The molecular weight excluding hydrogens is 196 g/mol. The van der Waals surface area contributed by atoms with Crippen LogP contribution in [0.5, 0.6) is 0 Å². The molecule has 1 aromatic heterocycles. The van der Waals surface area contributed by atoms with E-state index in [0.717, 1.165) is 12.5 Å². The molecule has 3 rings (SSSR count). The van der Waals surface area contributed by atoms with Crippen LogP contribution in [-0.4, -0.2) is 11.5 Å². The third-order valence-corrected chi connectivity index (χ3v) is 3.99. The zero-order valence-corrected chi connectivity index (χ0v) is 9.84. The number of hydrogen-bond donors (Lipinski definition) is 1. The minimum absolute atomic E-state index is 0.897. The molecule has 1 saturated carbocycles. The molecule has 16 heavy (non-hydrogen) atoms. The van der Waals surface area contributed by atoms with Gasteiger partial charge in [-0.05, 0) is 49.7 Å². The lowest BCUT2D eigenvalue weighted by molar-refractivity contribution is 0.580. The maximum Gasteiger partial charge on any atom is 0.0529 e. The van der Waals surface area contributed by atoms with Gasteiger partial charge in [-0.2, -0.15) is 0 Å². The molecule has 1 fully saturated rings. The molecule has 0 spiro atoms. The van der Waals surface area contributed by atoms with E-state index >= 15 is 0 Å². The zero-order valence-electron chi connectivity index (χ0n) is 9.84. The van der Waals surface area contributed by atoms with E-state index in [1.54, 1.807) is 0 Å². The average molecular weight is 216 g/mol. The van der Waals surface area contributed by atoms with Gasteiger partial charge < -0.3 is 5.32 Å². The molecule has 2 heteroatoms. The molecule has 0 aromatic carbocycles. The SMILES string of the molecule is c1nc2c(cc1NCC1CCCC1)CCC2. The van der Waals surface area contributed by atoms with Crippen molar-refractivity contribution in [2.45, 2.75) is 44.9 Å². The Morgan fingerprint density at radius 2 is 2.06 bits per heavy atom. The molecule has 1 heterocycles. The number of pyridine rings is 1. The van der Waals surface area contributed by atoms with E-state index in [1.807, 2.05) is 6.20 Å². The van der Waals surface area contributed by atoms with Crippen LogP contribution in [0.25, 0.3) is 0 Å². The quantitative estimate of drug-likeness (QED) is 0.839. The van der Waals surface area contributed by atoms with Crippen LogP contribution in [0.3, 0.4) is 0 Å². The van der Waals surface area contributed by atoms with Gasteiger partial charge in [0.1, 0.15) is 0 Å². The van der Waals surface area contributed by atoms with Gasteiger partial charge in [0.25, 0.3) is 0 Å². The van der Waals surface area contributed by atoms with Crippen LogP contribution < -0.4 is 5.32 Å². The number of fused-ring (bicyclic) bond motifs is 1. The summed E-state index contributed by atoms with van der Waals surface area (Å²) in [6.07, 6.45) is 11.4. The minimum atomic E-state index is 0.897. The highest BCUT2D eigenvalue weighted by Crippen LogP contribution is 2.26. The van der Waals surface area contributed by atoms with Crippen LogP contribution in [0.15, 0.2) is 12.3 Å². The first-order valence-electron chi connectivity index (χ1n) is 6.63. The minimum Gasteiger partial charge on any atom is -0.384 e. The molecule has 1 N–H and O–H groups in total. The summed E-state index contributed by atoms with van der Waals surface area (Å²) in [5.41, 5.74) is 4.02. The van der Waals surface area contributed by atoms with Crippen LogP contribution in [-0.2, 0) is 12.8 Å². The lowest BCUT2D eigenvalue weighted by atomic mass is 10.1. The van der Waals surface area contributed by atoms with Crippen molar-refractivity contribution < 1.29 is 0 Å². The summed E-state index contributed by atoms with van der Waals surface area (Å²) in [7, 11) is 0. The fraction of sp³-hybridized carbons (Fsp3) is 0.643. The van der Waals surface area contributed by atoms with Gasteiger partial charge in [0.15, 0.2) is 0 Å². The van der Waals surface area contributed by atoms with Crippen LogP contribution >= 0.6 is 0 Å². The fourth-order valence-corrected chi connectivity index (χ4v) is 3.00. The molecule has 0 atom stereocenters. The Labute approximate surface area is 97.5 Å². The molecule has 0 amide bonds. The van der Waals surface area contributed by atoms with Gasteiger partial charge in [-0.3, -0.25) is 4.98 Å². The first-order valence-corrected chi connectivity index (χ1v) is 6.63. The van der Waals surface area contributed by atoms with E-state index in [-0.39, 0.29) is 0 Å². The van der Waals surface area contributed by atoms with E-state index in [9.17, 15) is 0 Å². The molecule has 86 valence electrons. The van der Waals surface area contributed by atoms with Crippen molar-refractivity contribution in [1.82, 2.24) is 4.98 Å². The van der Waals surface area contributed by atoms with E-state index in [1.165, 1.54) is 61.9 Å². The number of anilines is 1.